The second-order valence-electron chi connectivity index (χ2n) is 5.13. The molecule has 1 saturated heterocycles. The standard InChI is InChI=1S/C16H21N3S/c1-2-14-5-6-15(20-14)16(13-4-3-7-18-12-13)19-10-8-17-9-11-19/h3-7,12,16-17H,2,8-11H2,1H3. The SMILES string of the molecule is CCc1ccc(C(c2cccnc2)N2CCNCC2)s1. The van der Waals surface area contributed by atoms with Crippen LogP contribution in [0, 0.1) is 0 Å². The number of pyridine rings is 1. The average Bonchev–Trinajstić information content (AvgIpc) is 2.98. The highest BCUT2D eigenvalue weighted by Gasteiger charge is 2.25. The molecule has 0 bridgehead atoms. The maximum atomic E-state index is 4.32. The molecule has 1 aliphatic heterocycles. The van der Waals surface area contributed by atoms with E-state index in [4.69, 9.17) is 0 Å². The molecule has 106 valence electrons. The predicted octanol–water partition coefficient (Wildman–Crippen LogP) is 2.70. The molecule has 3 rings (SSSR count). The summed E-state index contributed by atoms with van der Waals surface area (Å²) in [5, 5.41) is 3.44. The minimum atomic E-state index is 0.357. The second kappa shape index (κ2) is 6.48. The lowest BCUT2D eigenvalue weighted by atomic mass is 10.0. The van der Waals surface area contributed by atoms with Crippen LogP contribution in [-0.2, 0) is 6.42 Å². The lowest BCUT2D eigenvalue weighted by molar-refractivity contribution is 0.200. The third kappa shape index (κ3) is 2.92. The zero-order chi connectivity index (χ0) is 13.8. The first kappa shape index (κ1) is 13.7. The highest BCUT2D eigenvalue weighted by Crippen LogP contribution is 2.33. The number of thiophene rings is 1. The van der Waals surface area contributed by atoms with Crippen molar-refractivity contribution in [2.24, 2.45) is 0 Å². The van der Waals surface area contributed by atoms with Crippen LogP contribution in [0.4, 0.5) is 0 Å². The van der Waals surface area contributed by atoms with Gasteiger partial charge in [0.1, 0.15) is 0 Å². The fraction of sp³-hybridized carbons (Fsp3) is 0.438. The molecule has 1 N–H and O–H groups in total. The van der Waals surface area contributed by atoms with E-state index in [1.807, 2.05) is 29.8 Å². The third-order valence-electron chi connectivity index (χ3n) is 3.82. The van der Waals surface area contributed by atoms with Gasteiger partial charge in [0.15, 0.2) is 0 Å². The zero-order valence-corrected chi connectivity index (χ0v) is 12.7. The van der Waals surface area contributed by atoms with E-state index in [1.54, 1.807) is 0 Å². The number of hydrogen-bond acceptors (Lipinski definition) is 4. The topological polar surface area (TPSA) is 28.2 Å². The number of rotatable bonds is 4. The van der Waals surface area contributed by atoms with E-state index >= 15 is 0 Å². The molecule has 3 nitrogen and oxygen atoms in total. The summed E-state index contributed by atoms with van der Waals surface area (Å²) in [5.41, 5.74) is 1.30. The molecule has 0 aliphatic carbocycles. The van der Waals surface area contributed by atoms with Crippen molar-refractivity contribution in [1.29, 1.82) is 0 Å². The van der Waals surface area contributed by atoms with Crippen molar-refractivity contribution < 1.29 is 0 Å². The first-order chi connectivity index (χ1) is 9.88. The molecular weight excluding hydrogens is 266 g/mol. The summed E-state index contributed by atoms with van der Waals surface area (Å²) in [6.45, 7) is 6.56. The van der Waals surface area contributed by atoms with E-state index < -0.39 is 0 Å². The Bertz CT molecular complexity index is 532. The van der Waals surface area contributed by atoms with Crippen molar-refractivity contribution in [2.75, 3.05) is 26.2 Å². The summed E-state index contributed by atoms with van der Waals surface area (Å²) in [6, 6.07) is 9.16. The van der Waals surface area contributed by atoms with Gasteiger partial charge in [-0.3, -0.25) is 9.88 Å². The van der Waals surface area contributed by atoms with Crippen molar-refractivity contribution in [1.82, 2.24) is 15.2 Å². The Hall–Kier alpha value is -1.23. The first-order valence-electron chi connectivity index (χ1n) is 7.32. The van der Waals surface area contributed by atoms with Crippen LogP contribution in [0.15, 0.2) is 36.7 Å². The van der Waals surface area contributed by atoms with E-state index in [-0.39, 0.29) is 0 Å². The molecule has 1 fully saturated rings. The van der Waals surface area contributed by atoms with Crippen molar-refractivity contribution >= 4 is 11.3 Å². The summed E-state index contributed by atoms with van der Waals surface area (Å²) >= 11 is 1.94. The Morgan fingerprint density at radius 3 is 2.80 bits per heavy atom. The van der Waals surface area contributed by atoms with E-state index in [0.717, 1.165) is 32.6 Å². The van der Waals surface area contributed by atoms with Crippen molar-refractivity contribution in [2.45, 2.75) is 19.4 Å². The Labute approximate surface area is 124 Å². The largest absolute Gasteiger partial charge is 0.314 e. The minimum Gasteiger partial charge on any atom is -0.314 e. The van der Waals surface area contributed by atoms with E-state index in [9.17, 15) is 0 Å². The lowest BCUT2D eigenvalue weighted by Gasteiger charge is -2.34. The molecule has 0 radical (unpaired) electrons. The molecule has 2 aromatic rings. The van der Waals surface area contributed by atoms with E-state index in [2.05, 4.69) is 40.3 Å². The summed E-state index contributed by atoms with van der Waals surface area (Å²) in [5.74, 6) is 0. The van der Waals surface area contributed by atoms with Gasteiger partial charge in [-0.05, 0) is 30.2 Å². The van der Waals surface area contributed by atoms with E-state index in [0.29, 0.717) is 6.04 Å². The highest BCUT2D eigenvalue weighted by molar-refractivity contribution is 7.12. The lowest BCUT2D eigenvalue weighted by Crippen LogP contribution is -2.45. The maximum Gasteiger partial charge on any atom is 0.0712 e. The van der Waals surface area contributed by atoms with Gasteiger partial charge in [0.05, 0.1) is 6.04 Å². The molecular formula is C16H21N3S. The van der Waals surface area contributed by atoms with Crippen molar-refractivity contribution in [3.8, 4) is 0 Å². The van der Waals surface area contributed by atoms with Gasteiger partial charge in [0.2, 0.25) is 0 Å². The Morgan fingerprint density at radius 1 is 1.30 bits per heavy atom. The molecule has 1 atom stereocenters. The number of aromatic nitrogens is 1. The maximum absolute atomic E-state index is 4.32. The van der Waals surface area contributed by atoms with Crippen LogP contribution < -0.4 is 5.32 Å². The normalized spacial score (nSPS) is 18.1. The Morgan fingerprint density at radius 2 is 2.15 bits per heavy atom. The quantitative estimate of drug-likeness (QED) is 0.937. The van der Waals surface area contributed by atoms with Crippen molar-refractivity contribution in [3.63, 3.8) is 0 Å². The number of nitrogens with zero attached hydrogens (tertiary/aromatic N) is 2. The summed E-state index contributed by atoms with van der Waals surface area (Å²) < 4.78 is 0. The van der Waals surface area contributed by atoms with Gasteiger partial charge in [0.25, 0.3) is 0 Å². The van der Waals surface area contributed by atoms with Crippen molar-refractivity contribution in [3.05, 3.63) is 52.0 Å². The minimum absolute atomic E-state index is 0.357. The monoisotopic (exact) mass is 287 g/mol. The molecule has 0 saturated carbocycles. The van der Waals surface area contributed by atoms with Gasteiger partial charge in [0, 0.05) is 48.3 Å². The van der Waals surface area contributed by atoms with Crippen LogP contribution >= 0.6 is 11.3 Å². The predicted molar refractivity (Wildman–Crippen MR) is 84.2 cm³/mol. The molecule has 0 amide bonds. The average molecular weight is 287 g/mol. The molecule has 3 heterocycles. The molecule has 20 heavy (non-hydrogen) atoms. The number of piperazine rings is 1. The second-order valence-corrected chi connectivity index (χ2v) is 6.33. The van der Waals surface area contributed by atoms with Gasteiger partial charge in [-0.15, -0.1) is 11.3 Å². The molecule has 1 unspecified atom stereocenters. The summed E-state index contributed by atoms with van der Waals surface area (Å²) in [4.78, 5) is 9.79. The smallest absolute Gasteiger partial charge is 0.0712 e. The van der Waals surface area contributed by atoms with Gasteiger partial charge in [-0.1, -0.05) is 13.0 Å². The fourth-order valence-corrected chi connectivity index (χ4v) is 3.88. The molecule has 1 aliphatic rings. The Balaban J connectivity index is 1.94. The van der Waals surface area contributed by atoms with Gasteiger partial charge in [-0.25, -0.2) is 0 Å². The number of aryl methyl sites for hydroxylation is 1. The number of hydrogen-bond donors (Lipinski definition) is 1. The highest BCUT2D eigenvalue weighted by atomic mass is 32.1. The van der Waals surface area contributed by atoms with E-state index in [1.165, 1.54) is 15.3 Å². The van der Waals surface area contributed by atoms with Gasteiger partial charge >= 0.3 is 0 Å². The Kier molecular flexibility index (Phi) is 4.45. The van der Waals surface area contributed by atoms with Crippen LogP contribution in [-0.4, -0.2) is 36.1 Å². The summed E-state index contributed by atoms with van der Waals surface area (Å²) in [6.07, 6.45) is 4.98. The van der Waals surface area contributed by atoms with Gasteiger partial charge < -0.3 is 5.32 Å². The molecule has 4 heteroatoms. The van der Waals surface area contributed by atoms with Crippen LogP contribution in [0.25, 0.3) is 0 Å². The summed E-state index contributed by atoms with van der Waals surface area (Å²) in [7, 11) is 0. The van der Waals surface area contributed by atoms with Crippen LogP contribution in [0.5, 0.6) is 0 Å². The molecule has 2 aromatic heterocycles. The van der Waals surface area contributed by atoms with Crippen LogP contribution in [0.3, 0.4) is 0 Å². The molecule has 0 spiro atoms. The van der Waals surface area contributed by atoms with Crippen LogP contribution in [0.1, 0.15) is 28.3 Å². The number of nitrogens with one attached hydrogen (secondary N) is 1. The first-order valence-corrected chi connectivity index (χ1v) is 8.13. The third-order valence-corrected chi connectivity index (χ3v) is 5.10. The van der Waals surface area contributed by atoms with Crippen LogP contribution in [0.2, 0.25) is 0 Å². The van der Waals surface area contributed by atoms with Gasteiger partial charge in [-0.2, -0.15) is 0 Å². The zero-order valence-electron chi connectivity index (χ0n) is 11.9. The fourth-order valence-electron chi connectivity index (χ4n) is 2.76. The molecule has 0 aromatic carbocycles.